The van der Waals surface area contributed by atoms with Crippen molar-refractivity contribution in [2.75, 3.05) is 13.1 Å². The summed E-state index contributed by atoms with van der Waals surface area (Å²) in [6.45, 7) is 4.60. The van der Waals surface area contributed by atoms with E-state index >= 15 is 0 Å². The molecule has 1 heterocycles. The molecule has 5 nitrogen and oxygen atoms in total. The summed E-state index contributed by atoms with van der Waals surface area (Å²) in [5.41, 5.74) is 0.614. The Kier molecular flexibility index (Phi) is 6.98. The molecule has 1 saturated heterocycles. The number of carbonyl (C=O) groups excluding carboxylic acids is 3. The van der Waals surface area contributed by atoms with E-state index in [1.54, 1.807) is 11.0 Å². The molecule has 0 bridgehead atoms. The van der Waals surface area contributed by atoms with Gasteiger partial charge in [-0.15, -0.1) is 0 Å². The van der Waals surface area contributed by atoms with Crippen molar-refractivity contribution < 1.29 is 18.8 Å². The molecular weight excluding hydrogens is 383 g/mol. The first-order valence-corrected chi connectivity index (χ1v) is 10.3. The summed E-state index contributed by atoms with van der Waals surface area (Å²) >= 11 is 0. The van der Waals surface area contributed by atoms with Crippen molar-refractivity contribution in [3.05, 3.63) is 71.5 Å². The summed E-state index contributed by atoms with van der Waals surface area (Å²) in [5.74, 6) is -1.57. The first-order valence-electron chi connectivity index (χ1n) is 10.3. The van der Waals surface area contributed by atoms with Crippen molar-refractivity contribution in [2.45, 2.75) is 32.7 Å². The van der Waals surface area contributed by atoms with E-state index < -0.39 is 17.8 Å². The maximum Gasteiger partial charge on any atom is 0.254 e. The van der Waals surface area contributed by atoms with Crippen LogP contribution in [-0.2, 0) is 4.79 Å². The second kappa shape index (κ2) is 9.65. The molecule has 1 aliphatic heterocycles. The van der Waals surface area contributed by atoms with Crippen molar-refractivity contribution >= 4 is 17.6 Å². The van der Waals surface area contributed by atoms with Crippen LogP contribution in [-0.4, -0.2) is 41.6 Å². The molecule has 6 heteroatoms. The molecule has 2 amide bonds. The first kappa shape index (κ1) is 21.7. The van der Waals surface area contributed by atoms with E-state index in [0.29, 0.717) is 31.5 Å². The number of ketones is 1. The Morgan fingerprint density at radius 1 is 0.967 bits per heavy atom. The number of nitrogens with one attached hydrogen (secondary N) is 1. The third kappa shape index (κ3) is 4.93. The van der Waals surface area contributed by atoms with Crippen LogP contribution in [0.1, 0.15) is 47.4 Å². The topological polar surface area (TPSA) is 66.5 Å². The van der Waals surface area contributed by atoms with Crippen molar-refractivity contribution in [1.82, 2.24) is 10.2 Å². The molecule has 1 aliphatic rings. The molecule has 0 spiro atoms. The lowest BCUT2D eigenvalue weighted by Crippen LogP contribution is -2.53. The number of hydrogen-bond donors (Lipinski definition) is 1. The number of carbonyl (C=O) groups is 3. The van der Waals surface area contributed by atoms with Crippen molar-refractivity contribution in [2.24, 2.45) is 11.8 Å². The van der Waals surface area contributed by atoms with Gasteiger partial charge in [-0.2, -0.15) is 0 Å². The normalized spacial score (nSPS) is 15.7. The molecule has 3 rings (SSSR count). The second-order valence-electron chi connectivity index (χ2n) is 8.00. The van der Waals surface area contributed by atoms with E-state index in [0.717, 1.165) is 0 Å². The zero-order valence-corrected chi connectivity index (χ0v) is 17.3. The number of benzene rings is 2. The summed E-state index contributed by atoms with van der Waals surface area (Å²) in [7, 11) is 0. The van der Waals surface area contributed by atoms with Crippen LogP contribution in [0.2, 0.25) is 0 Å². The highest BCUT2D eigenvalue weighted by molar-refractivity contribution is 5.99. The summed E-state index contributed by atoms with van der Waals surface area (Å²) < 4.78 is 13.9. The summed E-state index contributed by atoms with van der Waals surface area (Å²) in [5, 5.41) is 2.69. The predicted octanol–water partition coefficient (Wildman–Crippen LogP) is 3.70. The standard InChI is InChI=1S/C24H27FN2O3/c1-16(2)21(26-23(29)19-10-6-7-11-20(19)25)24(30)27-14-12-18(13-15-27)22(28)17-8-4-3-5-9-17/h3-11,16,18,21H,12-15H2,1-2H3,(H,26,29)/t21-/m0/s1. The molecule has 0 unspecified atom stereocenters. The van der Waals surface area contributed by atoms with Gasteiger partial charge in [-0.1, -0.05) is 56.3 Å². The molecule has 0 saturated carbocycles. The van der Waals surface area contributed by atoms with E-state index in [1.807, 2.05) is 44.2 Å². The van der Waals surface area contributed by atoms with Crippen LogP contribution >= 0.6 is 0 Å². The number of rotatable bonds is 6. The lowest BCUT2D eigenvalue weighted by Gasteiger charge is -2.35. The molecule has 158 valence electrons. The first-order chi connectivity index (χ1) is 14.4. The van der Waals surface area contributed by atoms with Crippen LogP contribution in [0.4, 0.5) is 4.39 Å². The highest BCUT2D eigenvalue weighted by Gasteiger charge is 2.33. The lowest BCUT2D eigenvalue weighted by atomic mass is 9.88. The van der Waals surface area contributed by atoms with E-state index in [2.05, 4.69) is 5.32 Å². The number of nitrogens with zero attached hydrogens (tertiary/aromatic N) is 1. The van der Waals surface area contributed by atoms with Gasteiger partial charge >= 0.3 is 0 Å². The zero-order chi connectivity index (χ0) is 21.7. The summed E-state index contributed by atoms with van der Waals surface area (Å²) in [6, 6.07) is 14.1. The van der Waals surface area contributed by atoms with Crippen molar-refractivity contribution in [3.63, 3.8) is 0 Å². The average molecular weight is 410 g/mol. The largest absolute Gasteiger partial charge is 0.341 e. The van der Waals surface area contributed by atoms with Gasteiger partial charge in [-0.3, -0.25) is 14.4 Å². The number of Topliss-reactive ketones (excluding diaryl/α,β-unsaturated/α-hetero) is 1. The smallest absolute Gasteiger partial charge is 0.254 e. The number of piperidine rings is 1. The molecule has 0 radical (unpaired) electrons. The molecule has 1 atom stereocenters. The van der Waals surface area contributed by atoms with Gasteiger partial charge in [0.25, 0.3) is 5.91 Å². The monoisotopic (exact) mass is 410 g/mol. The van der Waals surface area contributed by atoms with Gasteiger partial charge in [0.15, 0.2) is 5.78 Å². The maximum atomic E-state index is 13.9. The Morgan fingerprint density at radius 3 is 2.17 bits per heavy atom. The molecule has 0 aliphatic carbocycles. The lowest BCUT2D eigenvalue weighted by molar-refractivity contribution is -0.135. The minimum absolute atomic E-state index is 0.0804. The van der Waals surface area contributed by atoms with Crippen molar-refractivity contribution in [1.29, 1.82) is 0 Å². The van der Waals surface area contributed by atoms with E-state index in [1.165, 1.54) is 18.2 Å². The minimum atomic E-state index is -0.751. The maximum absolute atomic E-state index is 13.9. The predicted molar refractivity (Wildman–Crippen MR) is 113 cm³/mol. The molecule has 1 N–H and O–H groups in total. The van der Waals surface area contributed by atoms with Crippen LogP contribution in [0.15, 0.2) is 54.6 Å². The van der Waals surface area contributed by atoms with E-state index in [9.17, 15) is 18.8 Å². The van der Waals surface area contributed by atoms with Crippen LogP contribution in [0.5, 0.6) is 0 Å². The quantitative estimate of drug-likeness (QED) is 0.739. The third-order valence-electron chi connectivity index (χ3n) is 5.57. The Labute approximate surface area is 176 Å². The molecular formula is C24H27FN2O3. The van der Waals surface area contributed by atoms with Gasteiger partial charge in [0, 0.05) is 24.6 Å². The van der Waals surface area contributed by atoms with E-state index in [-0.39, 0.29) is 29.1 Å². The van der Waals surface area contributed by atoms with Gasteiger partial charge in [-0.05, 0) is 30.9 Å². The van der Waals surface area contributed by atoms with Crippen LogP contribution in [0.25, 0.3) is 0 Å². The number of likely N-dealkylation sites (tertiary alicyclic amines) is 1. The number of hydrogen-bond acceptors (Lipinski definition) is 3. The third-order valence-corrected chi connectivity index (χ3v) is 5.57. The van der Waals surface area contributed by atoms with Crippen LogP contribution < -0.4 is 5.32 Å². The molecule has 2 aromatic carbocycles. The highest BCUT2D eigenvalue weighted by Crippen LogP contribution is 2.23. The molecule has 0 aromatic heterocycles. The SMILES string of the molecule is CC(C)[C@H](NC(=O)c1ccccc1F)C(=O)N1CCC(C(=O)c2ccccc2)CC1. The van der Waals surface area contributed by atoms with Gasteiger partial charge < -0.3 is 10.2 Å². The van der Waals surface area contributed by atoms with Crippen molar-refractivity contribution in [3.8, 4) is 0 Å². The summed E-state index contributed by atoms with van der Waals surface area (Å²) in [6.07, 6.45) is 1.18. The van der Waals surface area contributed by atoms with Gasteiger partial charge in [0.1, 0.15) is 11.9 Å². The second-order valence-corrected chi connectivity index (χ2v) is 8.00. The zero-order valence-electron chi connectivity index (χ0n) is 17.3. The fourth-order valence-electron chi connectivity index (χ4n) is 3.77. The highest BCUT2D eigenvalue weighted by atomic mass is 19.1. The average Bonchev–Trinajstić information content (AvgIpc) is 2.77. The van der Waals surface area contributed by atoms with Crippen LogP contribution in [0, 0.1) is 17.7 Å². The number of halogens is 1. The Balaban J connectivity index is 1.62. The number of amides is 2. The van der Waals surface area contributed by atoms with Gasteiger partial charge in [0.2, 0.25) is 5.91 Å². The summed E-state index contributed by atoms with van der Waals surface area (Å²) in [4.78, 5) is 39.9. The Hall–Kier alpha value is -3.02. The van der Waals surface area contributed by atoms with E-state index in [4.69, 9.17) is 0 Å². The van der Waals surface area contributed by atoms with Gasteiger partial charge in [0.05, 0.1) is 5.56 Å². The molecule has 2 aromatic rings. The minimum Gasteiger partial charge on any atom is -0.341 e. The fourth-order valence-corrected chi connectivity index (χ4v) is 3.77. The van der Waals surface area contributed by atoms with Gasteiger partial charge in [-0.25, -0.2) is 4.39 Å². The molecule has 1 fully saturated rings. The Bertz CT molecular complexity index is 906. The fraction of sp³-hybridized carbons (Fsp3) is 0.375. The Morgan fingerprint density at radius 2 is 1.57 bits per heavy atom. The molecule has 30 heavy (non-hydrogen) atoms. The van der Waals surface area contributed by atoms with Crippen LogP contribution in [0.3, 0.4) is 0 Å².